The van der Waals surface area contributed by atoms with Gasteiger partial charge in [-0.25, -0.2) is 0 Å². The first kappa shape index (κ1) is 18.4. The molecule has 0 unspecified atom stereocenters. The summed E-state index contributed by atoms with van der Waals surface area (Å²) < 4.78 is 0. The van der Waals surface area contributed by atoms with Gasteiger partial charge in [0.1, 0.15) is 24.0 Å². The molecule has 0 heterocycles. The van der Waals surface area contributed by atoms with E-state index in [1.54, 1.807) is 0 Å². The summed E-state index contributed by atoms with van der Waals surface area (Å²) in [7, 11) is 0. The van der Waals surface area contributed by atoms with Crippen molar-refractivity contribution >= 4 is 23.3 Å². The van der Waals surface area contributed by atoms with Crippen molar-refractivity contribution in [3.63, 3.8) is 0 Å². The van der Waals surface area contributed by atoms with Crippen molar-refractivity contribution in [3.8, 4) is 0 Å². The smallest absolute Gasteiger partial charge is 0.301 e. The van der Waals surface area contributed by atoms with Gasteiger partial charge < -0.3 is 20.4 Å². The van der Waals surface area contributed by atoms with Crippen molar-refractivity contribution in [2.75, 3.05) is 12.0 Å². The average molecular weight is 330 g/mol. The summed E-state index contributed by atoms with van der Waals surface area (Å²) in [6, 6.07) is 2.81. The number of rotatable bonds is 8. The number of aliphatic hydroxyl groups excluding tert-OH is 4. The SMILES string of the molecule is O=[N+]([O-])c1ccc(NN=C[C@H](O)[C@@H](O)[C@@H](O)CO)c([N+](=O)[O-])c1. The van der Waals surface area contributed by atoms with Gasteiger partial charge in [-0.15, -0.1) is 0 Å². The van der Waals surface area contributed by atoms with Crippen LogP contribution < -0.4 is 5.43 Å². The van der Waals surface area contributed by atoms with Gasteiger partial charge in [0.25, 0.3) is 5.69 Å². The lowest BCUT2D eigenvalue weighted by molar-refractivity contribution is -0.393. The van der Waals surface area contributed by atoms with E-state index in [1.807, 2.05) is 0 Å². The van der Waals surface area contributed by atoms with Crippen LogP contribution in [0.15, 0.2) is 23.3 Å². The quantitative estimate of drug-likeness (QED) is 0.225. The number of hydrogen-bond acceptors (Lipinski definition) is 10. The first-order valence-corrected chi connectivity index (χ1v) is 6.15. The Kier molecular flexibility index (Phi) is 6.47. The van der Waals surface area contributed by atoms with Gasteiger partial charge in [-0.05, 0) is 6.07 Å². The van der Waals surface area contributed by atoms with E-state index in [0.29, 0.717) is 0 Å². The molecule has 0 saturated heterocycles. The van der Waals surface area contributed by atoms with E-state index < -0.39 is 46.1 Å². The highest BCUT2D eigenvalue weighted by Crippen LogP contribution is 2.28. The predicted octanol–water partition coefficient (Wildman–Crippen LogP) is -1.02. The summed E-state index contributed by atoms with van der Waals surface area (Å²) in [6.45, 7) is -0.784. The number of nitro benzene ring substituents is 2. The Labute approximate surface area is 128 Å². The summed E-state index contributed by atoms with van der Waals surface area (Å²) in [6.07, 6.45) is -4.21. The van der Waals surface area contributed by atoms with E-state index in [0.717, 1.165) is 24.4 Å². The highest BCUT2D eigenvalue weighted by molar-refractivity contribution is 5.69. The lowest BCUT2D eigenvalue weighted by atomic mass is 10.1. The van der Waals surface area contributed by atoms with Crippen LogP contribution in [0.4, 0.5) is 17.1 Å². The molecule has 0 aromatic heterocycles. The number of nitro groups is 2. The third kappa shape index (κ3) is 4.93. The van der Waals surface area contributed by atoms with Gasteiger partial charge in [0, 0.05) is 6.07 Å². The Morgan fingerprint density at radius 2 is 1.87 bits per heavy atom. The Bertz CT molecular complexity index is 608. The van der Waals surface area contributed by atoms with Crippen LogP contribution >= 0.6 is 0 Å². The molecule has 1 aromatic carbocycles. The first-order valence-electron chi connectivity index (χ1n) is 6.15. The van der Waals surface area contributed by atoms with Crippen LogP contribution in [0.1, 0.15) is 0 Å². The van der Waals surface area contributed by atoms with Crippen molar-refractivity contribution < 1.29 is 30.3 Å². The summed E-state index contributed by atoms with van der Waals surface area (Å²) in [5, 5.41) is 61.5. The van der Waals surface area contributed by atoms with Crippen LogP contribution in [-0.4, -0.2) is 61.4 Å². The zero-order valence-electron chi connectivity index (χ0n) is 11.5. The summed E-state index contributed by atoms with van der Waals surface area (Å²) in [4.78, 5) is 19.8. The number of benzene rings is 1. The van der Waals surface area contributed by atoms with Gasteiger partial charge in [-0.2, -0.15) is 5.10 Å². The first-order chi connectivity index (χ1) is 10.8. The number of nitrogens with zero attached hydrogens (tertiary/aromatic N) is 3. The van der Waals surface area contributed by atoms with E-state index in [9.17, 15) is 30.4 Å². The van der Waals surface area contributed by atoms with Crippen molar-refractivity contribution in [2.24, 2.45) is 5.10 Å². The number of hydrogen-bond donors (Lipinski definition) is 5. The molecule has 0 spiro atoms. The molecule has 1 aromatic rings. The van der Waals surface area contributed by atoms with Crippen molar-refractivity contribution in [2.45, 2.75) is 18.3 Å². The standard InChI is InChI=1S/C11H14N4O8/c16-5-10(18)11(19)9(17)4-12-13-7-2-1-6(14(20)21)3-8(7)15(22)23/h1-4,9-11,13,16-19H,5H2/t9-,10-,11+/m0/s1. The molecule has 12 heteroatoms. The van der Waals surface area contributed by atoms with E-state index in [4.69, 9.17) is 10.2 Å². The maximum absolute atomic E-state index is 10.9. The topological polar surface area (TPSA) is 192 Å². The molecule has 1 rings (SSSR count). The van der Waals surface area contributed by atoms with Gasteiger partial charge in [-0.3, -0.25) is 25.7 Å². The van der Waals surface area contributed by atoms with Gasteiger partial charge in [0.2, 0.25) is 0 Å². The summed E-state index contributed by atoms with van der Waals surface area (Å²) >= 11 is 0. The molecule has 0 aliphatic carbocycles. The van der Waals surface area contributed by atoms with Gasteiger partial charge in [0.15, 0.2) is 0 Å². The molecule has 0 amide bonds. The minimum absolute atomic E-state index is 0.179. The summed E-state index contributed by atoms with van der Waals surface area (Å²) in [5.74, 6) is 0. The number of aliphatic hydroxyl groups is 4. The molecule has 0 radical (unpaired) electrons. The second-order valence-electron chi connectivity index (χ2n) is 4.34. The van der Waals surface area contributed by atoms with Crippen molar-refractivity contribution in [3.05, 3.63) is 38.4 Å². The number of hydrazone groups is 1. The molecule has 0 aliphatic heterocycles. The molecule has 0 fully saturated rings. The molecular weight excluding hydrogens is 316 g/mol. The van der Waals surface area contributed by atoms with Crippen LogP contribution in [0.5, 0.6) is 0 Å². The lowest BCUT2D eigenvalue weighted by Crippen LogP contribution is -2.40. The Balaban J connectivity index is 2.87. The number of anilines is 1. The minimum Gasteiger partial charge on any atom is -0.394 e. The predicted molar refractivity (Wildman–Crippen MR) is 77.0 cm³/mol. The maximum atomic E-state index is 10.9. The second-order valence-corrected chi connectivity index (χ2v) is 4.34. The Morgan fingerprint density at radius 1 is 1.22 bits per heavy atom. The highest BCUT2D eigenvalue weighted by Gasteiger charge is 2.23. The zero-order valence-corrected chi connectivity index (χ0v) is 11.5. The lowest BCUT2D eigenvalue weighted by Gasteiger charge is -2.18. The fraction of sp³-hybridized carbons (Fsp3) is 0.364. The van der Waals surface area contributed by atoms with E-state index in [-0.39, 0.29) is 5.69 Å². The van der Waals surface area contributed by atoms with Gasteiger partial charge in [0.05, 0.1) is 28.7 Å². The van der Waals surface area contributed by atoms with Crippen molar-refractivity contribution in [1.82, 2.24) is 0 Å². The maximum Gasteiger partial charge on any atom is 0.301 e. The zero-order chi connectivity index (χ0) is 17.6. The minimum atomic E-state index is -1.71. The molecule has 5 N–H and O–H groups in total. The van der Waals surface area contributed by atoms with E-state index >= 15 is 0 Å². The molecule has 12 nitrogen and oxygen atoms in total. The fourth-order valence-electron chi connectivity index (χ4n) is 1.49. The van der Waals surface area contributed by atoms with E-state index in [1.165, 1.54) is 0 Å². The van der Waals surface area contributed by atoms with Crippen LogP contribution in [-0.2, 0) is 0 Å². The Morgan fingerprint density at radius 3 is 2.39 bits per heavy atom. The molecule has 0 saturated carbocycles. The molecular formula is C11H14N4O8. The molecule has 23 heavy (non-hydrogen) atoms. The van der Waals surface area contributed by atoms with Crippen LogP contribution in [0.3, 0.4) is 0 Å². The third-order valence-corrected chi connectivity index (χ3v) is 2.73. The molecule has 0 aliphatic rings. The molecule has 126 valence electrons. The number of non-ortho nitro benzene ring substituents is 1. The second kappa shape index (κ2) is 8.09. The molecule has 0 bridgehead atoms. The van der Waals surface area contributed by atoms with Gasteiger partial charge in [-0.1, -0.05) is 0 Å². The van der Waals surface area contributed by atoms with E-state index in [2.05, 4.69) is 10.5 Å². The normalized spacial score (nSPS) is 15.1. The number of nitrogens with one attached hydrogen (secondary N) is 1. The largest absolute Gasteiger partial charge is 0.394 e. The van der Waals surface area contributed by atoms with Crippen LogP contribution in [0.25, 0.3) is 0 Å². The average Bonchev–Trinajstić information content (AvgIpc) is 2.52. The fourth-order valence-corrected chi connectivity index (χ4v) is 1.49. The summed E-state index contributed by atoms with van der Waals surface area (Å²) in [5.41, 5.74) is 0.926. The van der Waals surface area contributed by atoms with Crippen molar-refractivity contribution in [1.29, 1.82) is 0 Å². The highest BCUT2D eigenvalue weighted by atomic mass is 16.6. The Hall–Kier alpha value is -2.67. The molecule has 3 atom stereocenters. The monoisotopic (exact) mass is 330 g/mol. The van der Waals surface area contributed by atoms with Crippen LogP contribution in [0, 0.1) is 20.2 Å². The third-order valence-electron chi connectivity index (χ3n) is 2.73. The van der Waals surface area contributed by atoms with Gasteiger partial charge >= 0.3 is 5.69 Å². The van der Waals surface area contributed by atoms with Crippen LogP contribution in [0.2, 0.25) is 0 Å².